The van der Waals surface area contributed by atoms with Gasteiger partial charge in [-0.25, -0.2) is 9.36 Å². The molecule has 0 fully saturated rings. The van der Waals surface area contributed by atoms with Gasteiger partial charge in [-0.05, 0) is 206 Å². The Bertz CT molecular complexity index is 4020. The van der Waals surface area contributed by atoms with Crippen LogP contribution >= 0.6 is 0 Å². The second kappa shape index (κ2) is 35.7. The molecule has 0 saturated carbocycles. The molecule has 2 aromatic heterocycles. The van der Waals surface area contributed by atoms with Crippen molar-refractivity contribution in [2.45, 2.75) is 236 Å². The Morgan fingerprint density at radius 1 is 0.377 bits per heavy atom. The summed E-state index contributed by atoms with van der Waals surface area (Å²) < 4.78 is 3.10. The summed E-state index contributed by atoms with van der Waals surface area (Å²) in [7, 11) is 0. The number of amides is 8. The van der Waals surface area contributed by atoms with E-state index in [-0.39, 0.29) is 84.4 Å². The molecule has 12 N–H and O–H groups in total. The number of ketones is 2. The van der Waals surface area contributed by atoms with Gasteiger partial charge in [-0.3, -0.25) is 47.9 Å². The molecule has 0 radical (unpaired) electrons. The van der Waals surface area contributed by atoms with Gasteiger partial charge >= 0.3 is 0 Å². The first-order chi connectivity index (χ1) is 49.9. The number of carbonyl (C=O) groups is 10. The van der Waals surface area contributed by atoms with Crippen LogP contribution in [0.4, 0.5) is 0 Å². The smallest absolute Gasteiger partial charge is 0.243 e. The van der Waals surface area contributed by atoms with E-state index in [1.54, 1.807) is 21.8 Å². The zero-order valence-corrected chi connectivity index (χ0v) is 64.9. The fourth-order valence-electron chi connectivity index (χ4n) is 14.3. The van der Waals surface area contributed by atoms with E-state index in [4.69, 9.17) is 11.5 Å². The van der Waals surface area contributed by atoms with Crippen LogP contribution in [0.5, 0.6) is 0 Å². The highest BCUT2D eigenvalue weighted by Gasteiger charge is 2.38. The second-order valence-corrected chi connectivity index (χ2v) is 32.0. The van der Waals surface area contributed by atoms with Crippen LogP contribution in [0.1, 0.15) is 206 Å². The normalized spacial score (nSPS) is 17.8. The molecular formula is C80H112N16O10. The van der Waals surface area contributed by atoms with Gasteiger partial charge in [0, 0.05) is 0 Å². The molecule has 2 aliphatic rings. The summed E-state index contributed by atoms with van der Waals surface area (Å²) in [6, 6.07) is 11.0. The largest absolute Gasteiger partial charge is 0.344 e. The van der Waals surface area contributed by atoms with Crippen molar-refractivity contribution in [3.63, 3.8) is 0 Å². The average Bonchev–Trinajstić information content (AvgIpc) is 1.56. The van der Waals surface area contributed by atoms with Crippen LogP contribution in [0.3, 0.4) is 0 Å². The molecule has 8 rings (SSSR count). The van der Waals surface area contributed by atoms with Crippen molar-refractivity contribution in [3.8, 4) is 11.4 Å². The molecule has 0 unspecified atom stereocenters. The molecule has 8 amide bonds. The zero-order valence-electron chi connectivity index (χ0n) is 64.9. The van der Waals surface area contributed by atoms with Crippen molar-refractivity contribution in [3.05, 3.63) is 107 Å². The summed E-state index contributed by atoms with van der Waals surface area (Å²) in [5, 5.41) is 43.4. The van der Waals surface area contributed by atoms with Crippen molar-refractivity contribution in [2.24, 2.45) is 58.8 Å². The predicted molar refractivity (Wildman–Crippen MR) is 410 cm³/mol. The fraction of sp³-hybridized carbons (Fsp3) is 0.550. The van der Waals surface area contributed by atoms with Crippen LogP contribution in [-0.2, 0) is 51.2 Å². The lowest BCUT2D eigenvalue weighted by Gasteiger charge is -2.25. The number of rotatable bonds is 34. The molecule has 0 spiro atoms. The van der Waals surface area contributed by atoms with Crippen molar-refractivity contribution < 1.29 is 47.9 Å². The Labute approximate surface area is 622 Å². The van der Waals surface area contributed by atoms with Crippen LogP contribution in [0.2, 0.25) is 0 Å². The van der Waals surface area contributed by atoms with Gasteiger partial charge < -0.3 is 54.0 Å². The summed E-state index contributed by atoms with van der Waals surface area (Å²) in [4.78, 5) is 136. The van der Waals surface area contributed by atoms with Gasteiger partial charge in [-0.15, -0.1) is 10.2 Å². The van der Waals surface area contributed by atoms with Crippen LogP contribution in [0.25, 0.3) is 44.1 Å². The first-order valence-corrected chi connectivity index (χ1v) is 37.6. The predicted octanol–water partition coefficient (Wildman–Crippen LogP) is 7.70. The van der Waals surface area contributed by atoms with Gasteiger partial charge in [0.15, 0.2) is 11.4 Å². The van der Waals surface area contributed by atoms with Crippen LogP contribution in [-0.4, -0.2) is 149 Å². The van der Waals surface area contributed by atoms with E-state index in [9.17, 15) is 47.9 Å². The monoisotopic (exact) mass is 1460 g/mol. The number of fused-ring (bicyclic) bond motifs is 6. The zero-order chi connectivity index (χ0) is 78.0. The third-order valence-electron chi connectivity index (χ3n) is 19.6. The van der Waals surface area contributed by atoms with Gasteiger partial charge in [0.25, 0.3) is 0 Å². The maximum absolute atomic E-state index is 14.4. The fourth-order valence-corrected chi connectivity index (χ4v) is 14.3. The minimum Gasteiger partial charge on any atom is -0.344 e. The summed E-state index contributed by atoms with van der Waals surface area (Å²) in [6.45, 7) is 33.7. The molecule has 2 heterocycles. The molecular weight excluding hydrogens is 1340 g/mol. The maximum atomic E-state index is 14.4. The third kappa shape index (κ3) is 20.5. The number of allylic oxidation sites excluding steroid dienone is 2. The molecule has 26 heteroatoms. The maximum Gasteiger partial charge on any atom is 0.243 e. The first-order valence-electron chi connectivity index (χ1n) is 37.6. The van der Waals surface area contributed by atoms with E-state index >= 15 is 0 Å². The highest BCUT2D eigenvalue weighted by atomic mass is 16.2. The van der Waals surface area contributed by atoms with E-state index in [1.807, 2.05) is 107 Å². The van der Waals surface area contributed by atoms with Gasteiger partial charge in [-0.2, -0.15) is 0 Å². The Hall–Kier alpha value is -9.56. The standard InChI is InChI=1S/C80H112N16O10/c1-39(2)27-59(81)77(103)83-47(15)75(101)89-63(31-43(9)10)79(105)85-49(17)73(99)87-61(29-41(5)6)71(97)65-37-95(93-91-65)55-23-25-57-51(35-55)19-21-53-33-45(13)67(69(53)57)68-46(14)34-54-22-20-52-36-56(24-26-58(52)70(54)68)96-38-66(92-94-96)72(98)62(30-42(7)8)88-74(100)50(18)86-80(106)64(32-44(11)12)90-76(102)48(16)84-78(104)60(82)28-40(3)4/h19-26,35-50,59-64H,27-34,81-82H2,1-18H3,(H,83,103)(H,84,104)(H,85,105)(H,86,106)(H,87,99)(H,88,100)(H,89,101)(H,90,102)/b68-67+/t45-,46-,47-,48-,49-,50-,59-,60-,61-,62-,63-,64-/m0/s1. The Morgan fingerprint density at radius 2 is 0.670 bits per heavy atom. The van der Waals surface area contributed by atoms with E-state index in [1.165, 1.54) is 61.1 Å². The highest BCUT2D eigenvalue weighted by molar-refractivity contribution is 6.11. The Morgan fingerprint density at radius 3 is 0.981 bits per heavy atom. The number of hydrogen-bond acceptors (Lipinski definition) is 16. The molecule has 6 aromatic rings. The number of nitrogens with one attached hydrogen (secondary N) is 8. The van der Waals surface area contributed by atoms with Crippen molar-refractivity contribution in [2.75, 3.05) is 0 Å². The SMILES string of the molecule is CC(C)C[C@H](NC(=O)[C@H](C)NC(=O)[C@@H](N)CC(C)C)C(=O)N[C@@H](C)C(=O)N[C@@H](CC(C)C)C(=O)c1cn(-c2ccc3c4c(ccc3c2)C[C@H](C)/C4=C2\c3c(ccc4cc(-n5cc(C(=O)[C@H](CC(C)C)NC(=O)[C@H](C)NC(=O)[C@H](CC(C)C)NC(=O)[C@H](C)NC(=O)[C@@H](N)CC(C)C)nn5)ccc34)C[C@@H]2C)nn1. The number of benzene rings is 4. The molecule has 26 nitrogen and oxygen atoms in total. The van der Waals surface area contributed by atoms with E-state index in [0.29, 0.717) is 24.2 Å². The second-order valence-electron chi connectivity index (χ2n) is 32.0. The van der Waals surface area contributed by atoms with Crippen LogP contribution in [0, 0.1) is 47.3 Å². The third-order valence-corrected chi connectivity index (χ3v) is 19.6. The summed E-state index contributed by atoms with van der Waals surface area (Å²) in [6.07, 6.45) is 6.73. The summed E-state index contributed by atoms with van der Waals surface area (Å²) >= 11 is 0. The molecule has 4 aromatic carbocycles. The van der Waals surface area contributed by atoms with Gasteiger partial charge in [-0.1, -0.05) is 144 Å². The molecule has 12 atom stereocenters. The quantitative estimate of drug-likeness (QED) is 0.0173. The number of hydrogen-bond donors (Lipinski definition) is 10. The van der Waals surface area contributed by atoms with Gasteiger partial charge in [0.1, 0.15) is 36.3 Å². The lowest BCUT2D eigenvalue weighted by atomic mass is 9.85. The molecule has 572 valence electrons. The lowest BCUT2D eigenvalue weighted by Crippen LogP contribution is -2.57. The number of aromatic nitrogens is 6. The topological polar surface area (TPSA) is 380 Å². The molecule has 106 heavy (non-hydrogen) atoms. The lowest BCUT2D eigenvalue weighted by molar-refractivity contribution is -0.133. The summed E-state index contributed by atoms with van der Waals surface area (Å²) in [5.41, 5.74) is 21.0. The Kier molecular flexibility index (Phi) is 27.6. The number of carbonyl (C=O) groups excluding carboxylic acids is 10. The number of nitrogens with zero attached hydrogens (tertiary/aromatic N) is 6. The van der Waals surface area contributed by atoms with Crippen LogP contribution < -0.4 is 54.0 Å². The number of nitrogens with two attached hydrogens (primary N) is 2. The molecule has 0 saturated heterocycles. The molecule has 2 aliphatic carbocycles. The van der Waals surface area contributed by atoms with Crippen molar-refractivity contribution in [1.29, 1.82) is 0 Å². The van der Waals surface area contributed by atoms with E-state index < -0.39 is 119 Å². The van der Waals surface area contributed by atoms with Gasteiger partial charge in [0.05, 0.1) is 47.9 Å². The van der Waals surface area contributed by atoms with Crippen molar-refractivity contribution >= 4 is 91.5 Å². The minimum atomic E-state index is -1.10. The highest BCUT2D eigenvalue weighted by Crippen LogP contribution is 2.52. The van der Waals surface area contributed by atoms with Crippen LogP contribution in [0.15, 0.2) is 73.1 Å². The van der Waals surface area contributed by atoms with E-state index in [0.717, 1.165) is 34.4 Å². The van der Waals surface area contributed by atoms with E-state index in [2.05, 4.69) is 113 Å². The molecule has 0 aliphatic heterocycles. The molecule has 0 bridgehead atoms. The van der Waals surface area contributed by atoms with Gasteiger partial charge in [0.2, 0.25) is 58.8 Å². The minimum absolute atomic E-state index is 0.0248. The first kappa shape index (κ1) is 82.1. The summed E-state index contributed by atoms with van der Waals surface area (Å²) in [5.74, 6) is -4.81. The number of Topliss-reactive ketones (excluding diaryl/α,β-unsaturated/α-hetero) is 2. The Balaban J connectivity index is 0.957. The average molecular weight is 1460 g/mol. The van der Waals surface area contributed by atoms with Crippen molar-refractivity contribution in [1.82, 2.24) is 72.5 Å².